The number of benzene rings is 1. The fourth-order valence-corrected chi connectivity index (χ4v) is 3.58. The predicted molar refractivity (Wildman–Crippen MR) is 73.1 cm³/mol. The Hall–Kier alpha value is -1.35. The van der Waals surface area contributed by atoms with Gasteiger partial charge in [-0.15, -0.1) is 0 Å². The van der Waals surface area contributed by atoms with Crippen molar-refractivity contribution in [1.82, 2.24) is 4.90 Å². The van der Waals surface area contributed by atoms with Gasteiger partial charge in [0.25, 0.3) is 0 Å². The molecule has 1 aliphatic heterocycles. The molecule has 1 aromatic rings. The van der Waals surface area contributed by atoms with Crippen molar-refractivity contribution < 1.29 is 9.90 Å². The van der Waals surface area contributed by atoms with Crippen molar-refractivity contribution in [3.05, 3.63) is 35.9 Å². The van der Waals surface area contributed by atoms with E-state index < -0.39 is 5.72 Å². The van der Waals surface area contributed by atoms with Crippen molar-refractivity contribution in [1.29, 1.82) is 0 Å². The molecule has 0 bridgehead atoms. The number of nitrogens with zero attached hydrogens (tertiary/aromatic N) is 1. The number of hydrogen-bond acceptors (Lipinski definition) is 2. The molecule has 1 amide bonds. The highest BCUT2D eigenvalue weighted by Crippen LogP contribution is 2.43. The molecule has 1 saturated carbocycles. The summed E-state index contributed by atoms with van der Waals surface area (Å²) >= 11 is 0. The standard InChI is InChI=1S/C16H21NO2/c18-15-10-11-16(19,14-8-4-5-9-14)17(15)12-13-6-2-1-3-7-13/h1-3,6-7,14,19H,4-5,8-12H2. The monoisotopic (exact) mass is 259 g/mol. The topological polar surface area (TPSA) is 40.5 Å². The molecule has 0 aromatic heterocycles. The van der Waals surface area contributed by atoms with E-state index >= 15 is 0 Å². The van der Waals surface area contributed by atoms with E-state index in [4.69, 9.17) is 0 Å². The third kappa shape index (κ3) is 2.27. The summed E-state index contributed by atoms with van der Waals surface area (Å²) in [5.41, 5.74) is 0.192. The third-order valence-electron chi connectivity index (χ3n) is 4.67. The van der Waals surface area contributed by atoms with Crippen LogP contribution in [-0.4, -0.2) is 21.6 Å². The molecule has 0 spiro atoms. The lowest BCUT2D eigenvalue weighted by molar-refractivity contribution is -0.159. The average Bonchev–Trinajstić information content (AvgIpc) is 3.05. The molecule has 3 nitrogen and oxygen atoms in total. The minimum absolute atomic E-state index is 0.0956. The molecule has 1 aromatic carbocycles. The Kier molecular flexibility index (Phi) is 3.31. The predicted octanol–water partition coefficient (Wildman–Crippen LogP) is 2.69. The first-order valence-electron chi connectivity index (χ1n) is 7.27. The third-order valence-corrected chi connectivity index (χ3v) is 4.67. The first kappa shape index (κ1) is 12.7. The van der Waals surface area contributed by atoms with Crippen LogP contribution in [0.4, 0.5) is 0 Å². The summed E-state index contributed by atoms with van der Waals surface area (Å²) in [6.45, 7) is 0.534. The fourth-order valence-electron chi connectivity index (χ4n) is 3.58. The maximum Gasteiger partial charge on any atom is 0.225 e. The van der Waals surface area contributed by atoms with Gasteiger partial charge in [0.15, 0.2) is 0 Å². The van der Waals surface area contributed by atoms with Crippen LogP contribution in [0.15, 0.2) is 30.3 Å². The number of carbonyl (C=O) groups excluding carboxylic acids is 1. The number of carbonyl (C=O) groups is 1. The van der Waals surface area contributed by atoms with Crippen LogP contribution in [0.1, 0.15) is 44.1 Å². The Labute approximate surface area is 114 Å². The Morgan fingerprint density at radius 3 is 2.58 bits per heavy atom. The van der Waals surface area contributed by atoms with Crippen molar-refractivity contribution in [2.24, 2.45) is 5.92 Å². The van der Waals surface area contributed by atoms with Crippen LogP contribution in [0.3, 0.4) is 0 Å². The maximum atomic E-state index is 12.1. The van der Waals surface area contributed by atoms with Gasteiger partial charge in [-0.1, -0.05) is 43.2 Å². The second-order valence-corrected chi connectivity index (χ2v) is 5.83. The quantitative estimate of drug-likeness (QED) is 0.906. The molecule has 1 unspecified atom stereocenters. The summed E-state index contributed by atoms with van der Waals surface area (Å²) in [5, 5.41) is 11.0. The summed E-state index contributed by atoms with van der Waals surface area (Å²) in [7, 11) is 0. The molecule has 1 heterocycles. The molecule has 1 saturated heterocycles. The van der Waals surface area contributed by atoms with Gasteiger partial charge in [-0.3, -0.25) is 4.79 Å². The largest absolute Gasteiger partial charge is 0.370 e. The van der Waals surface area contributed by atoms with Crippen molar-refractivity contribution in [3.63, 3.8) is 0 Å². The molecule has 102 valence electrons. The zero-order valence-corrected chi connectivity index (χ0v) is 11.2. The normalized spacial score (nSPS) is 28.3. The van der Waals surface area contributed by atoms with E-state index in [-0.39, 0.29) is 11.8 Å². The minimum atomic E-state index is -0.899. The lowest BCUT2D eigenvalue weighted by Crippen LogP contribution is -2.50. The van der Waals surface area contributed by atoms with Gasteiger partial charge in [0.1, 0.15) is 5.72 Å². The van der Waals surface area contributed by atoms with Crippen LogP contribution in [0, 0.1) is 5.92 Å². The second kappa shape index (κ2) is 4.97. The van der Waals surface area contributed by atoms with Gasteiger partial charge < -0.3 is 10.0 Å². The number of aliphatic hydroxyl groups is 1. The molecule has 1 atom stereocenters. The highest BCUT2D eigenvalue weighted by molar-refractivity contribution is 5.79. The first-order valence-corrected chi connectivity index (χ1v) is 7.27. The van der Waals surface area contributed by atoms with Crippen molar-refractivity contribution >= 4 is 5.91 Å². The molecule has 0 radical (unpaired) electrons. The molecule has 19 heavy (non-hydrogen) atoms. The van der Waals surface area contributed by atoms with Gasteiger partial charge in [0, 0.05) is 25.3 Å². The van der Waals surface area contributed by atoms with Crippen molar-refractivity contribution in [2.75, 3.05) is 0 Å². The van der Waals surface area contributed by atoms with E-state index in [1.165, 1.54) is 12.8 Å². The number of rotatable bonds is 3. The van der Waals surface area contributed by atoms with Gasteiger partial charge in [-0.25, -0.2) is 0 Å². The Bertz CT molecular complexity index is 453. The molecule has 2 fully saturated rings. The highest BCUT2D eigenvalue weighted by Gasteiger charge is 2.49. The van der Waals surface area contributed by atoms with Gasteiger partial charge in [-0.2, -0.15) is 0 Å². The van der Waals surface area contributed by atoms with E-state index in [0.717, 1.165) is 18.4 Å². The molecule has 1 N–H and O–H groups in total. The van der Waals surface area contributed by atoms with Gasteiger partial charge in [0.2, 0.25) is 5.91 Å². The average molecular weight is 259 g/mol. The first-order chi connectivity index (χ1) is 9.20. The van der Waals surface area contributed by atoms with E-state index in [9.17, 15) is 9.90 Å². The molecular weight excluding hydrogens is 238 g/mol. The zero-order valence-electron chi connectivity index (χ0n) is 11.2. The van der Waals surface area contributed by atoms with E-state index in [1.54, 1.807) is 4.90 Å². The SMILES string of the molecule is O=C1CCC(O)(C2CCCC2)N1Cc1ccccc1. The summed E-state index contributed by atoms with van der Waals surface area (Å²) in [6, 6.07) is 9.95. The highest BCUT2D eigenvalue weighted by atomic mass is 16.3. The Morgan fingerprint density at radius 1 is 1.21 bits per heavy atom. The summed E-state index contributed by atoms with van der Waals surface area (Å²) < 4.78 is 0. The molecule has 3 rings (SSSR count). The maximum absolute atomic E-state index is 12.1. The van der Waals surface area contributed by atoms with Crippen LogP contribution in [0.5, 0.6) is 0 Å². The van der Waals surface area contributed by atoms with E-state index in [2.05, 4.69) is 0 Å². The molecule has 2 aliphatic rings. The second-order valence-electron chi connectivity index (χ2n) is 5.83. The number of amides is 1. The van der Waals surface area contributed by atoms with Crippen LogP contribution in [-0.2, 0) is 11.3 Å². The lowest BCUT2D eigenvalue weighted by Gasteiger charge is -2.38. The van der Waals surface area contributed by atoms with E-state index in [0.29, 0.717) is 19.4 Å². The summed E-state index contributed by atoms with van der Waals surface area (Å²) in [6.07, 6.45) is 5.55. The van der Waals surface area contributed by atoms with Crippen LogP contribution < -0.4 is 0 Å². The molecule has 3 heteroatoms. The van der Waals surface area contributed by atoms with Gasteiger partial charge in [-0.05, 0) is 18.4 Å². The lowest BCUT2D eigenvalue weighted by atomic mass is 9.91. The number of likely N-dealkylation sites (tertiary alicyclic amines) is 1. The van der Waals surface area contributed by atoms with Gasteiger partial charge in [0.05, 0.1) is 0 Å². The fraction of sp³-hybridized carbons (Fsp3) is 0.562. The van der Waals surface area contributed by atoms with Crippen LogP contribution >= 0.6 is 0 Å². The smallest absolute Gasteiger partial charge is 0.225 e. The van der Waals surface area contributed by atoms with Gasteiger partial charge >= 0.3 is 0 Å². The summed E-state index contributed by atoms with van der Waals surface area (Å²) in [4.78, 5) is 13.8. The zero-order chi connectivity index (χ0) is 13.3. The van der Waals surface area contributed by atoms with E-state index in [1.807, 2.05) is 30.3 Å². The molecular formula is C16H21NO2. The summed E-state index contributed by atoms with van der Waals surface area (Å²) in [5.74, 6) is 0.362. The van der Waals surface area contributed by atoms with Crippen LogP contribution in [0.2, 0.25) is 0 Å². The molecule has 1 aliphatic carbocycles. The Morgan fingerprint density at radius 2 is 1.89 bits per heavy atom. The van der Waals surface area contributed by atoms with Crippen LogP contribution in [0.25, 0.3) is 0 Å². The minimum Gasteiger partial charge on any atom is -0.370 e. The number of hydrogen-bond donors (Lipinski definition) is 1. The van der Waals surface area contributed by atoms with Crippen molar-refractivity contribution in [2.45, 2.75) is 50.8 Å². The van der Waals surface area contributed by atoms with Crippen molar-refractivity contribution in [3.8, 4) is 0 Å². The Balaban J connectivity index is 1.82.